The summed E-state index contributed by atoms with van der Waals surface area (Å²) in [5, 5.41) is 4.58. The molecule has 0 spiro atoms. The molecular weight excluding hydrogens is 340 g/mol. The molecular formula is C14H10BrClN4. The van der Waals surface area contributed by atoms with Gasteiger partial charge in [0.25, 0.3) is 0 Å². The van der Waals surface area contributed by atoms with Crippen molar-refractivity contribution in [2.45, 2.75) is 0 Å². The summed E-state index contributed by atoms with van der Waals surface area (Å²) < 4.78 is 0.933. The van der Waals surface area contributed by atoms with Crippen molar-refractivity contribution in [1.82, 2.24) is 9.97 Å². The molecule has 0 radical (unpaired) electrons. The van der Waals surface area contributed by atoms with Gasteiger partial charge in [0, 0.05) is 16.1 Å². The van der Waals surface area contributed by atoms with Gasteiger partial charge in [-0.15, -0.1) is 0 Å². The maximum atomic E-state index is 5.89. The van der Waals surface area contributed by atoms with Gasteiger partial charge in [-0.1, -0.05) is 23.7 Å². The summed E-state index contributed by atoms with van der Waals surface area (Å²) in [7, 11) is 0. The van der Waals surface area contributed by atoms with E-state index in [1.54, 1.807) is 18.3 Å². The fraction of sp³-hybridized carbons (Fsp3) is 0. The Morgan fingerprint density at radius 3 is 2.90 bits per heavy atom. The number of pyridine rings is 2. The van der Waals surface area contributed by atoms with Crippen molar-refractivity contribution in [2.75, 3.05) is 11.1 Å². The molecule has 0 aliphatic heterocycles. The number of para-hydroxylation sites is 1. The Hall–Kier alpha value is -1.85. The minimum atomic E-state index is 0.387. The van der Waals surface area contributed by atoms with Crippen molar-refractivity contribution in [3.63, 3.8) is 0 Å². The van der Waals surface area contributed by atoms with Crippen molar-refractivity contribution in [1.29, 1.82) is 0 Å². The molecule has 20 heavy (non-hydrogen) atoms. The van der Waals surface area contributed by atoms with Gasteiger partial charge in [0.2, 0.25) is 0 Å². The van der Waals surface area contributed by atoms with Crippen LogP contribution in [-0.4, -0.2) is 9.97 Å². The van der Waals surface area contributed by atoms with Crippen LogP contribution in [0.15, 0.2) is 47.1 Å². The van der Waals surface area contributed by atoms with Crippen LogP contribution in [0.1, 0.15) is 0 Å². The van der Waals surface area contributed by atoms with Crippen LogP contribution in [0.2, 0.25) is 5.15 Å². The van der Waals surface area contributed by atoms with Crippen molar-refractivity contribution in [3.8, 4) is 0 Å². The van der Waals surface area contributed by atoms with E-state index < -0.39 is 0 Å². The van der Waals surface area contributed by atoms with Crippen molar-refractivity contribution < 1.29 is 0 Å². The van der Waals surface area contributed by atoms with E-state index >= 15 is 0 Å². The van der Waals surface area contributed by atoms with Gasteiger partial charge in [0.15, 0.2) is 5.82 Å². The average Bonchev–Trinajstić information content (AvgIpc) is 2.43. The van der Waals surface area contributed by atoms with E-state index in [-0.39, 0.29) is 0 Å². The number of nitrogen functional groups attached to an aromatic ring is 1. The van der Waals surface area contributed by atoms with Crippen LogP contribution in [0, 0.1) is 0 Å². The lowest BCUT2D eigenvalue weighted by Gasteiger charge is -2.10. The minimum Gasteiger partial charge on any atom is -0.396 e. The molecule has 0 amide bonds. The molecule has 4 nitrogen and oxygen atoms in total. The third-order valence-electron chi connectivity index (χ3n) is 2.82. The van der Waals surface area contributed by atoms with Crippen LogP contribution in [0.4, 0.5) is 17.2 Å². The van der Waals surface area contributed by atoms with E-state index in [4.69, 9.17) is 17.3 Å². The number of benzene rings is 1. The summed E-state index contributed by atoms with van der Waals surface area (Å²) >= 11 is 9.31. The number of hydrogen-bond donors (Lipinski definition) is 2. The summed E-state index contributed by atoms with van der Waals surface area (Å²) in [4.78, 5) is 8.60. The number of fused-ring (bicyclic) bond motifs is 1. The molecule has 0 saturated carbocycles. The Balaban J connectivity index is 2.09. The number of rotatable bonds is 2. The summed E-state index contributed by atoms with van der Waals surface area (Å²) in [5.74, 6) is 0.523. The molecule has 100 valence electrons. The van der Waals surface area contributed by atoms with E-state index in [0.717, 1.165) is 21.1 Å². The standard InChI is InChI=1S/C14H10BrClN4/c15-9-6-8-2-1-3-11(13(8)18-7-9)19-14-10(17)4-5-12(16)20-14/h1-7H,17H2,(H,19,20). The molecule has 0 bridgehead atoms. The van der Waals surface area contributed by atoms with Crippen LogP contribution in [0.25, 0.3) is 10.9 Å². The predicted molar refractivity (Wildman–Crippen MR) is 86.4 cm³/mol. The number of anilines is 3. The number of aromatic nitrogens is 2. The molecule has 3 N–H and O–H groups in total. The summed E-state index contributed by atoms with van der Waals surface area (Å²) in [6.45, 7) is 0. The highest BCUT2D eigenvalue weighted by Gasteiger charge is 2.07. The first-order chi connectivity index (χ1) is 9.63. The number of nitrogens with one attached hydrogen (secondary N) is 1. The zero-order valence-electron chi connectivity index (χ0n) is 10.3. The largest absolute Gasteiger partial charge is 0.396 e. The molecule has 0 aliphatic carbocycles. The lowest BCUT2D eigenvalue weighted by molar-refractivity contribution is 1.31. The topological polar surface area (TPSA) is 63.8 Å². The van der Waals surface area contributed by atoms with Crippen LogP contribution >= 0.6 is 27.5 Å². The van der Waals surface area contributed by atoms with E-state index in [2.05, 4.69) is 31.2 Å². The summed E-state index contributed by atoms with van der Waals surface area (Å²) in [6, 6.07) is 11.2. The third kappa shape index (κ3) is 2.55. The fourth-order valence-electron chi connectivity index (χ4n) is 1.91. The molecule has 6 heteroatoms. The molecule has 1 aromatic carbocycles. The predicted octanol–water partition coefficient (Wildman–Crippen LogP) is 4.37. The average molecular weight is 350 g/mol. The Kier molecular flexibility index (Phi) is 3.46. The van der Waals surface area contributed by atoms with Crippen molar-refractivity contribution >= 4 is 55.6 Å². The molecule has 2 aromatic heterocycles. The van der Waals surface area contributed by atoms with Gasteiger partial charge >= 0.3 is 0 Å². The van der Waals surface area contributed by atoms with E-state index in [1.165, 1.54) is 0 Å². The van der Waals surface area contributed by atoms with Crippen LogP contribution in [0.5, 0.6) is 0 Å². The lowest BCUT2D eigenvalue weighted by atomic mass is 10.2. The SMILES string of the molecule is Nc1ccc(Cl)nc1Nc1cccc2cc(Br)cnc12. The molecule has 0 fully saturated rings. The van der Waals surface area contributed by atoms with E-state index in [1.807, 2.05) is 24.3 Å². The first-order valence-corrected chi connectivity index (χ1v) is 7.04. The molecule has 3 rings (SSSR count). The Bertz CT molecular complexity index is 791. The number of halogens is 2. The molecule has 2 heterocycles. The van der Waals surface area contributed by atoms with Gasteiger partial charge in [0.1, 0.15) is 5.15 Å². The summed E-state index contributed by atoms with van der Waals surface area (Å²) in [5.41, 5.74) is 8.10. The highest BCUT2D eigenvalue weighted by molar-refractivity contribution is 9.10. The quantitative estimate of drug-likeness (QED) is 0.674. The molecule has 3 aromatic rings. The second kappa shape index (κ2) is 5.26. The van der Waals surface area contributed by atoms with Crippen LogP contribution in [-0.2, 0) is 0 Å². The fourth-order valence-corrected chi connectivity index (χ4v) is 2.41. The Labute approximate surface area is 129 Å². The van der Waals surface area contributed by atoms with E-state index in [0.29, 0.717) is 16.7 Å². The second-order valence-corrected chi connectivity index (χ2v) is 5.53. The maximum absolute atomic E-state index is 5.89. The second-order valence-electron chi connectivity index (χ2n) is 4.23. The van der Waals surface area contributed by atoms with Crippen molar-refractivity contribution in [2.24, 2.45) is 0 Å². The highest BCUT2D eigenvalue weighted by atomic mass is 79.9. The third-order valence-corrected chi connectivity index (χ3v) is 3.47. The van der Waals surface area contributed by atoms with Gasteiger partial charge in [-0.2, -0.15) is 0 Å². The Morgan fingerprint density at radius 1 is 1.20 bits per heavy atom. The first-order valence-electron chi connectivity index (χ1n) is 5.87. The lowest BCUT2D eigenvalue weighted by Crippen LogP contribution is -2.00. The summed E-state index contributed by atoms with van der Waals surface area (Å²) in [6.07, 6.45) is 1.75. The smallest absolute Gasteiger partial charge is 0.155 e. The van der Waals surface area contributed by atoms with Gasteiger partial charge in [-0.05, 0) is 40.2 Å². The molecule has 0 aliphatic rings. The molecule has 0 unspecified atom stereocenters. The van der Waals surface area contributed by atoms with Gasteiger partial charge in [0.05, 0.1) is 16.9 Å². The highest BCUT2D eigenvalue weighted by Crippen LogP contribution is 2.28. The van der Waals surface area contributed by atoms with Gasteiger partial charge < -0.3 is 11.1 Å². The monoisotopic (exact) mass is 348 g/mol. The Morgan fingerprint density at radius 2 is 2.05 bits per heavy atom. The van der Waals surface area contributed by atoms with Crippen molar-refractivity contribution in [3.05, 3.63) is 52.2 Å². The van der Waals surface area contributed by atoms with E-state index in [9.17, 15) is 0 Å². The van der Waals surface area contributed by atoms with Crippen LogP contribution in [0.3, 0.4) is 0 Å². The molecule has 0 atom stereocenters. The number of hydrogen-bond acceptors (Lipinski definition) is 4. The molecule has 0 saturated heterocycles. The van der Waals surface area contributed by atoms with Gasteiger partial charge in [-0.3, -0.25) is 4.98 Å². The van der Waals surface area contributed by atoms with Crippen LogP contribution < -0.4 is 11.1 Å². The van der Waals surface area contributed by atoms with Gasteiger partial charge in [-0.25, -0.2) is 4.98 Å². The number of nitrogens with two attached hydrogens (primary N) is 1. The zero-order chi connectivity index (χ0) is 14.1. The number of nitrogens with zero attached hydrogens (tertiary/aromatic N) is 2. The zero-order valence-corrected chi connectivity index (χ0v) is 12.6. The first kappa shape index (κ1) is 13.1. The normalized spacial score (nSPS) is 10.7. The maximum Gasteiger partial charge on any atom is 0.155 e. The minimum absolute atomic E-state index is 0.387.